The standard InChI is InChI=1S/C24H22N2O5/c1-13-11-15-18(12-14(13)2)31-21-19(20(15)28)24(26(22(21)29)9-6-10-27)16-7-4-5-8-17(16)25(3)23(24)30/h4-5,7-8,11-12,27H,6,9-10H2,1-3H3. The molecule has 1 N–H and O–H groups in total. The molecule has 2 aliphatic rings. The Morgan fingerprint density at radius 1 is 1.06 bits per heavy atom. The van der Waals surface area contributed by atoms with Crippen molar-refractivity contribution in [1.29, 1.82) is 0 Å². The average molecular weight is 418 g/mol. The van der Waals surface area contributed by atoms with Crippen LogP contribution in [-0.4, -0.2) is 42.0 Å². The summed E-state index contributed by atoms with van der Waals surface area (Å²) in [6, 6.07) is 10.7. The van der Waals surface area contributed by atoms with E-state index in [1.807, 2.05) is 19.9 Å². The first kappa shape index (κ1) is 19.5. The molecule has 0 saturated carbocycles. The number of benzene rings is 2. The zero-order chi connectivity index (χ0) is 22.1. The number of fused-ring (bicyclic) bond motifs is 5. The van der Waals surface area contributed by atoms with Crippen LogP contribution in [-0.2, 0) is 10.3 Å². The lowest BCUT2D eigenvalue weighted by Crippen LogP contribution is -2.53. The summed E-state index contributed by atoms with van der Waals surface area (Å²) < 4.78 is 6.00. The highest BCUT2D eigenvalue weighted by molar-refractivity contribution is 6.16. The molecule has 0 radical (unpaired) electrons. The molecule has 1 atom stereocenters. The quantitative estimate of drug-likeness (QED) is 0.706. The number of aliphatic hydroxyl groups excluding tert-OH is 1. The molecule has 2 amide bonds. The third kappa shape index (κ3) is 2.29. The number of carbonyl (C=O) groups excluding carboxylic acids is 2. The number of aryl methyl sites for hydroxylation is 2. The molecule has 158 valence electrons. The van der Waals surface area contributed by atoms with Gasteiger partial charge < -0.3 is 19.3 Å². The van der Waals surface area contributed by atoms with Gasteiger partial charge in [0.25, 0.3) is 11.8 Å². The highest BCUT2D eigenvalue weighted by atomic mass is 16.3. The minimum absolute atomic E-state index is 0.0630. The molecule has 1 spiro atoms. The molecule has 1 aromatic heterocycles. The summed E-state index contributed by atoms with van der Waals surface area (Å²) in [5.74, 6) is -0.995. The summed E-state index contributed by atoms with van der Waals surface area (Å²) in [4.78, 5) is 44.0. The van der Waals surface area contributed by atoms with Crippen LogP contribution in [0.25, 0.3) is 11.0 Å². The van der Waals surface area contributed by atoms with E-state index in [0.29, 0.717) is 22.2 Å². The number of carbonyl (C=O) groups is 2. The number of nitrogens with zero attached hydrogens (tertiary/aromatic N) is 2. The van der Waals surface area contributed by atoms with Crippen molar-refractivity contribution in [3.05, 3.63) is 74.6 Å². The van der Waals surface area contributed by atoms with Crippen LogP contribution in [0.2, 0.25) is 0 Å². The summed E-state index contributed by atoms with van der Waals surface area (Å²) in [6.07, 6.45) is 0.270. The SMILES string of the molecule is Cc1cc2oc3c(c(=O)c2cc1C)C1(C(=O)N(C)c2ccccc21)N(CCCO)C3=O. The molecule has 0 aliphatic carbocycles. The van der Waals surface area contributed by atoms with Gasteiger partial charge >= 0.3 is 0 Å². The van der Waals surface area contributed by atoms with E-state index in [9.17, 15) is 19.5 Å². The molecule has 5 rings (SSSR count). The van der Waals surface area contributed by atoms with E-state index in [2.05, 4.69) is 0 Å². The Balaban J connectivity index is 1.93. The second-order valence-electron chi connectivity index (χ2n) is 8.19. The lowest BCUT2D eigenvalue weighted by Gasteiger charge is -2.33. The van der Waals surface area contributed by atoms with Gasteiger partial charge in [-0.3, -0.25) is 14.4 Å². The molecule has 3 heterocycles. The predicted molar refractivity (Wildman–Crippen MR) is 115 cm³/mol. The Morgan fingerprint density at radius 2 is 1.77 bits per heavy atom. The van der Waals surface area contributed by atoms with Crippen molar-refractivity contribution in [2.75, 3.05) is 25.1 Å². The van der Waals surface area contributed by atoms with Gasteiger partial charge in [0.15, 0.2) is 11.0 Å². The van der Waals surface area contributed by atoms with Crippen LogP contribution in [0.1, 0.15) is 39.2 Å². The first-order valence-electron chi connectivity index (χ1n) is 10.2. The second kappa shape index (κ2) is 6.52. The lowest BCUT2D eigenvalue weighted by atomic mass is 9.83. The maximum absolute atomic E-state index is 13.8. The molecule has 0 saturated heterocycles. The fourth-order valence-corrected chi connectivity index (χ4v) is 4.88. The fraction of sp³-hybridized carbons (Fsp3) is 0.292. The van der Waals surface area contributed by atoms with Gasteiger partial charge in [0.2, 0.25) is 5.76 Å². The predicted octanol–water partition coefficient (Wildman–Crippen LogP) is 2.47. The van der Waals surface area contributed by atoms with Gasteiger partial charge in [-0.2, -0.15) is 0 Å². The first-order valence-corrected chi connectivity index (χ1v) is 10.2. The van der Waals surface area contributed by atoms with E-state index in [4.69, 9.17) is 4.42 Å². The number of hydrogen-bond donors (Lipinski definition) is 1. The Morgan fingerprint density at radius 3 is 2.52 bits per heavy atom. The number of amides is 2. The average Bonchev–Trinajstić information content (AvgIpc) is 3.13. The van der Waals surface area contributed by atoms with E-state index in [1.54, 1.807) is 37.4 Å². The van der Waals surface area contributed by atoms with Gasteiger partial charge in [0.1, 0.15) is 5.58 Å². The van der Waals surface area contributed by atoms with Crippen LogP contribution in [0.15, 0.2) is 45.6 Å². The summed E-state index contributed by atoms with van der Waals surface area (Å²) in [7, 11) is 1.64. The third-order valence-electron chi connectivity index (χ3n) is 6.52. The Hall–Kier alpha value is -3.45. The third-order valence-corrected chi connectivity index (χ3v) is 6.52. The van der Waals surface area contributed by atoms with Gasteiger partial charge in [-0.15, -0.1) is 0 Å². The molecule has 1 unspecified atom stereocenters. The largest absolute Gasteiger partial charge is 0.450 e. The zero-order valence-corrected chi connectivity index (χ0v) is 17.6. The molecule has 3 aromatic rings. The summed E-state index contributed by atoms with van der Waals surface area (Å²) in [6.45, 7) is 3.77. The van der Waals surface area contributed by atoms with Crippen LogP contribution in [0.3, 0.4) is 0 Å². The maximum Gasteiger partial charge on any atom is 0.291 e. The number of aliphatic hydroxyl groups is 1. The minimum Gasteiger partial charge on any atom is -0.450 e. The van der Waals surface area contributed by atoms with Crippen molar-refractivity contribution in [2.45, 2.75) is 25.8 Å². The summed E-state index contributed by atoms with van der Waals surface area (Å²) in [5.41, 5.74) is 1.49. The van der Waals surface area contributed by atoms with Crippen LogP contribution < -0.4 is 10.3 Å². The molecule has 0 bridgehead atoms. The molecule has 0 fully saturated rings. The van der Waals surface area contributed by atoms with Crippen molar-refractivity contribution in [3.63, 3.8) is 0 Å². The van der Waals surface area contributed by atoms with Crippen molar-refractivity contribution in [2.24, 2.45) is 0 Å². The molecular weight excluding hydrogens is 396 g/mol. The van der Waals surface area contributed by atoms with Gasteiger partial charge in [-0.25, -0.2) is 0 Å². The molecule has 31 heavy (non-hydrogen) atoms. The number of para-hydroxylation sites is 1. The van der Waals surface area contributed by atoms with E-state index in [1.165, 1.54) is 9.80 Å². The summed E-state index contributed by atoms with van der Waals surface area (Å²) in [5, 5.41) is 9.77. The minimum atomic E-state index is -1.60. The first-order chi connectivity index (χ1) is 14.8. The molecular formula is C24H22N2O5. The Bertz CT molecular complexity index is 1340. The fourth-order valence-electron chi connectivity index (χ4n) is 4.88. The van der Waals surface area contributed by atoms with Gasteiger partial charge in [-0.05, 0) is 49.6 Å². The van der Waals surface area contributed by atoms with Gasteiger partial charge in [0, 0.05) is 31.5 Å². The zero-order valence-electron chi connectivity index (χ0n) is 17.6. The van der Waals surface area contributed by atoms with Crippen LogP contribution in [0.4, 0.5) is 5.69 Å². The molecule has 2 aromatic carbocycles. The van der Waals surface area contributed by atoms with Gasteiger partial charge in [-0.1, -0.05) is 18.2 Å². The smallest absolute Gasteiger partial charge is 0.291 e. The number of anilines is 1. The number of hydrogen-bond acceptors (Lipinski definition) is 5. The van der Waals surface area contributed by atoms with E-state index in [-0.39, 0.29) is 42.2 Å². The van der Waals surface area contributed by atoms with Crippen molar-refractivity contribution in [1.82, 2.24) is 4.90 Å². The topological polar surface area (TPSA) is 91.1 Å². The van der Waals surface area contributed by atoms with Crippen molar-refractivity contribution >= 4 is 28.5 Å². The van der Waals surface area contributed by atoms with Crippen molar-refractivity contribution in [3.8, 4) is 0 Å². The number of likely N-dealkylation sites (N-methyl/N-ethyl adjacent to an activating group) is 1. The Labute approximate surface area is 178 Å². The highest BCUT2D eigenvalue weighted by Gasteiger charge is 2.64. The van der Waals surface area contributed by atoms with E-state index >= 15 is 0 Å². The molecule has 7 heteroatoms. The second-order valence-corrected chi connectivity index (χ2v) is 8.19. The van der Waals surface area contributed by atoms with Crippen LogP contribution in [0, 0.1) is 13.8 Å². The monoisotopic (exact) mass is 418 g/mol. The normalized spacial score (nSPS) is 19.6. The Kier molecular flexibility index (Phi) is 4.10. The van der Waals surface area contributed by atoms with E-state index in [0.717, 1.165) is 11.1 Å². The van der Waals surface area contributed by atoms with Gasteiger partial charge in [0.05, 0.1) is 10.9 Å². The summed E-state index contributed by atoms with van der Waals surface area (Å²) >= 11 is 0. The van der Waals surface area contributed by atoms with Crippen LogP contribution in [0.5, 0.6) is 0 Å². The van der Waals surface area contributed by atoms with E-state index < -0.39 is 11.4 Å². The number of rotatable bonds is 3. The lowest BCUT2D eigenvalue weighted by molar-refractivity contribution is -0.125. The van der Waals surface area contributed by atoms with Crippen LogP contribution >= 0.6 is 0 Å². The maximum atomic E-state index is 13.8. The molecule has 7 nitrogen and oxygen atoms in total. The van der Waals surface area contributed by atoms with Crippen molar-refractivity contribution < 1.29 is 19.1 Å². The highest BCUT2D eigenvalue weighted by Crippen LogP contribution is 2.52. The molecule has 2 aliphatic heterocycles.